The van der Waals surface area contributed by atoms with Crippen LogP contribution >= 0.6 is 0 Å². The van der Waals surface area contributed by atoms with Crippen LogP contribution in [0.25, 0.3) is 16.8 Å². The second kappa shape index (κ2) is 12.3. The number of hydrogen-bond donors (Lipinski definition) is 3. The van der Waals surface area contributed by atoms with Crippen molar-refractivity contribution in [2.45, 2.75) is 45.7 Å². The van der Waals surface area contributed by atoms with Gasteiger partial charge in [0.2, 0.25) is 5.91 Å². The third kappa shape index (κ3) is 6.51. The zero-order valence-electron chi connectivity index (χ0n) is 23.4. The van der Waals surface area contributed by atoms with Gasteiger partial charge in [-0.15, -0.1) is 0 Å². The fourth-order valence-corrected chi connectivity index (χ4v) is 4.65. The van der Waals surface area contributed by atoms with E-state index in [1.165, 1.54) is 40.5 Å². The number of carbonyl (C=O) groups is 3. The van der Waals surface area contributed by atoms with E-state index in [-0.39, 0.29) is 23.5 Å². The normalized spacial score (nSPS) is 12.7. The van der Waals surface area contributed by atoms with Crippen LogP contribution in [0.1, 0.15) is 54.5 Å². The zero-order chi connectivity index (χ0) is 30.7. The van der Waals surface area contributed by atoms with Gasteiger partial charge in [-0.3, -0.25) is 19.2 Å². The molecular formula is C29H30F2N6O5. The molecule has 4 rings (SSSR count). The Balaban J connectivity index is 1.70. The molecule has 2 amide bonds. The SMILES string of the molecule is Cc1nc2c(-c3cc(F)c(F)c([C@H](CC(=O)O)NC(=O)[C@H](CC(C)C)NC(=O)c4cccn(C)c4=O)c3)cccn2n1. The molecule has 0 unspecified atom stereocenters. The van der Waals surface area contributed by atoms with Crippen molar-refractivity contribution in [1.29, 1.82) is 0 Å². The molecule has 0 saturated heterocycles. The number of carbonyl (C=O) groups excluding carboxylic acids is 2. The summed E-state index contributed by atoms with van der Waals surface area (Å²) in [6.07, 6.45) is 2.46. The van der Waals surface area contributed by atoms with Crippen LogP contribution in [0.4, 0.5) is 8.78 Å². The molecule has 0 aliphatic heterocycles. The van der Waals surface area contributed by atoms with E-state index < -0.39 is 59.0 Å². The standard InChI is InChI=1S/C29H30F2N6O5/c1-15(2)11-23(34-27(40)19-8-5-9-36(4)29(19)42)28(41)33-22(14-24(38)39)20-12-17(13-21(30)25(20)31)18-7-6-10-37-26(18)32-16(3)35-37/h5-10,12-13,15,22-23H,11,14H2,1-4H3,(H,33,41)(H,34,40)(H,38,39)/t22-,23-/m0/s1. The molecule has 0 aliphatic carbocycles. The maximum absolute atomic E-state index is 15.2. The molecule has 3 heterocycles. The van der Waals surface area contributed by atoms with Crippen molar-refractivity contribution < 1.29 is 28.3 Å². The summed E-state index contributed by atoms with van der Waals surface area (Å²) >= 11 is 0. The van der Waals surface area contributed by atoms with Crippen molar-refractivity contribution in [3.8, 4) is 11.1 Å². The molecule has 220 valence electrons. The van der Waals surface area contributed by atoms with E-state index in [1.807, 2.05) is 0 Å². The first-order valence-electron chi connectivity index (χ1n) is 13.2. The Bertz CT molecular complexity index is 1730. The lowest BCUT2D eigenvalue weighted by molar-refractivity contribution is -0.137. The number of aromatic nitrogens is 4. The van der Waals surface area contributed by atoms with Gasteiger partial charge >= 0.3 is 5.97 Å². The van der Waals surface area contributed by atoms with Crippen molar-refractivity contribution in [2.75, 3.05) is 0 Å². The molecule has 13 heteroatoms. The minimum Gasteiger partial charge on any atom is -0.481 e. The van der Waals surface area contributed by atoms with Gasteiger partial charge in [0.25, 0.3) is 11.5 Å². The molecule has 0 bridgehead atoms. The van der Waals surface area contributed by atoms with Gasteiger partial charge in [0.15, 0.2) is 17.3 Å². The first-order chi connectivity index (χ1) is 19.8. The number of nitrogens with one attached hydrogen (secondary N) is 2. The highest BCUT2D eigenvalue weighted by atomic mass is 19.2. The van der Waals surface area contributed by atoms with Crippen molar-refractivity contribution >= 4 is 23.4 Å². The average Bonchev–Trinajstić information content (AvgIpc) is 3.30. The third-order valence-corrected chi connectivity index (χ3v) is 6.60. The zero-order valence-corrected chi connectivity index (χ0v) is 23.4. The Morgan fingerprint density at radius 3 is 2.48 bits per heavy atom. The topological polar surface area (TPSA) is 148 Å². The number of halogens is 2. The molecule has 0 aliphatic rings. The quantitative estimate of drug-likeness (QED) is 0.261. The molecule has 3 aromatic heterocycles. The second-order valence-corrected chi connectivity index (χ2v) is 10.4. The van der Waals surface area contributed by atoms with Crippen LogP contribution in [-0.4, -0.2) is 48.1 Å². The van der Waals surface area contributed by atoms with E-state index in [0.29, 0.717) is 17.0 Å². The van der Waals surface area contributed by atoms with Gasteiger partial charge in [0.05, 0.1) is 12.5 Å². The highest BCUT2D eigenvalue weighted by Gasteiger charge is 2.30. The highest BCUT2D eigenvalue weighted by molar-refractivity contribution is 5.97. The van der Waals surface area contributed by atoms with Crippen molar-refractivity contribution in [1.82, 2.24) is 29.8 Å². The molecule has 0 saturated carbocycles. The predicted molar refractivity (Wildman–Crippen MR) is 149 cm³/mol. The predicted octanol–water partition coefficient (Wildman–Crippen LogP) is 3.16. The van der Waals surface area contributed by atoms with E-state index in [1.54, 1.807) is 39.1 Å². The molecule has 42 heavy (non-hydrogen) atoms. The van der Waals surface area contributed by atoms with Gasteiger partial charge in [-0.25, -0.2) is 18.3 Å². The van der Waals surface area contributed by atoms with Gasteiger partial charge < -0.3 is 20.3 Å². The minimum absolute atomic E-state index is 0.109. The number of nitrogens with zero attached hydrogens (tertiary/aromatic N) is 4. The lowest BCUT2D eigenvalue weighted by Crippen LogP contribution is -2.49. The van der Waals surface area contributed by atoms with Crippen LogP contribution in [-0.2, 0) is 16.6 Å². The monoisotopic (exact) mass is 580 g/mol. The summed E-state index contributed by atoms with van der Waals surface area (Å²) in [5, 5.41) is 18.8. The summed E-state index contributed by atoms with van der Waals surface area (Å²) in [6.45, 7) is 5.27. The van der Waals surface area contributed by atoms with Crippen LogP contribution < -0.4 is 16.2 Å². The molecule has 0 spiro atoms. The number of aliphatic carboxylic acids is 1. The number of rotatable bonds is 10. The number of fused-ring (bicyclic) bond motifs is 1. The molecule has 4 aromatic rings. The Morgan fingerprint density at radius 1 is 1.07 bits per heavy atom. The van der Waals surface area contributed by atoms with E-state index >= 15 is 4.39 Å². The van der Waals surface area contributed by atoms with Crippen LogP contribution in [0, 0.1) is 24.5 Å². The fraction of sp³-hybridized carbons (Fsp3) is 0.310. The molecule has 3 N–H and O–H groups in total. The highest BCUT2D eigenvalue weighted by Crippen LogP contribution is 2.31. The molecule has 11 nitrogen and oxygen atoms in total. The first kappa shape index (κ1) is 30.0. The molecule has 1 aromatic carbocycles. The van der Waals surface area contributed by atoms with E-state index in [2.05, 4.69) is 20.7 Å². The lowest BCUT2D eigenvalue weighted by Gasteiger charge is -2.25. The number of carboxylic acid groups (broad SMARTS) is 1. The smallest absolute Gasteiger partial charge is 0.305 e. The number of aryl methyl sites for hydroxylation is 2. The number of pyridine rings is 2. The molecule has 2 atom stereocenters. The Morgan fingerprint density at radius 2 is 1.79 bits per heavy atom. The fourth-order valence-electron chi connectivity index (χ4n) is 4.65. The van der Waals surface area contributed by atoms with Gasteiger partial charge in [-0.05, 0) is 61.2 Å². The maximum Gasteiger partial charge on any atom is 0.305 e. The Kier molecular flexibility index (Phi) is 8.79. The van der Waals surface area contributed by atoms with Crippen LogP contribution in [0.3, 0.4) is 0 Å². The number of amides is 2. The van der Waals surface area contributed by atoms with Crippen molar-refractivity contribution in [2.24, 2.45) is 13.0 Å². The van der Waals surface area contributed by atoms with E-state index in [9.17, 15) is 28.7 Å². The van der Waals surface area contributed by atoms with Crippen LogP contribution in [0.15, 0.2) is 53.6 Å². The summed E-state index contributed by atoms with van der Waals surface area (Å²) in [4.78, 5) is 54.9. The van der Waals surface area contributed by atoms with Crippen LogP contribution in [0.5, 0.6) is 0 Å². The van der Waals surface area contributed by atoms with Crippen molar-refractivity contribution in [3.05, 3.63) is 87.7 Å². The summed E-state index contributed by atoms with van der Waals surface area (Å²) in [6, 6.07) is 5.61. The number of carboxylic acids is 1. The van der Waals surface area contributed by atoms with E-state index in [4.69, 9.17) is 0 Å². The summed E-state index contributed by atoms with van der Waals surface area (Å²) in [5.74, 6) is -5.24. The Labute approximate surface area is 239 Å². The third-order valence-electron chi connectivity index (χ3n) is 6.60. The first-order valence-corrected chi connectivity index (χ1v) is 13.2. The maximum atomic E-state index is 15.2. The lowest BCUT2D eigenvalue weighted by atomic mass is 9.96. The van der Waals surface area contributed by atoms with Crippen molar-refractivity contribution in [3.63, 3.8) is 0 Å². The summed E-state index contributed by atoms with van der Waals surface area (Å²) in [7, 11) is 1.47. The molecule has 0 radical (unpaired) electrons. The molecule has 0 fully saturated rings. The average molecular weight is 581 g/mol. The van der Waals surface area contributed by atoms with E-state index in [0.717, 1.165) is 6.07 Å². The minimum atomic E-state index is -1.50. The second-order valence-electron chi connectivity index (χ2n) is 10.4. The number of benzene rings is 1. The molecular weight excluding hydrogens is 550 g/mol. The Hall–Kier alpha value is -4.94. The van der Waals surface area contributed by atoms with Gasteiger partial charge in [-0.2, -0.15) is 5.10 Å². The summed E-state index contributed by atoms with van der Waals surface area (Å²) < 4.78 is 32.9. The number of hydrogen-bond acceptors (Lipinski definition) is 6. The van der Waals surface area contributed by atoms with Gasteiger partial charge in [-0.1, -0.05) is 13.8 Å². The summed E-state index contributed by atoms with van der Waals surface area (Å²) in [5.41, 5.74) is -0.188. The van der Waals surface area contributed by atoms with Gasteiger partial charge in [0, 0.05) is 30.6 Å². The van der Waals surface area contributed by atoms with Crippen LogP contribution in [0.2, 0.25) is 0 Å². The van der Waals surface area contributed by atoms with Gasteiger partial charge in [0.1, 0.15) is 17.4 Å². The largest absolute Gasteiger partial charge is 0.481 e.